The molecule has 0 saturated carbocycles. The van der Waals surface area contributed by atoms with Gasteiger partial charge in [0.05, 0.1) is 0 Å². The number of hydrogen-bond acceptors (Lipinski definition) is 9. The molecule has 0 heterocycles. The number of rotatable bonds is 12. The summed E-state index contributed by atoms with van der Waals surface area (Å²) in [5.41, 5.74) is -0.264. The van der Waals surface area contributed by atoms with Gasteiger partial charge in [-0.05, 0) is 73.3 Å². The third-order valence-corrected chi connectivity index (χ3v) is 9.06. The van der Waals surface area contributed by atoms with Crippen LogP contribution >= 0.6 is 0 Å². The van der Waals surface area contributed by atoms with Crippen LogP contribution in [0.5, 0.6) is 0 Å². The molecule has 0 aliphatic rings. The van der Waals surface area contributed by atoms with E-state index >= 15 is 0 Å². The van der Waals surface area contributed by atoms with Crippen molar-refractivity contribution in [2.24, 2.45) is 0 Å². The standard InChI is InChI=1S/C39H30O9/c1-4-46-16-28(40)19-7-10-22-25(13-19)31-34(37(22)43)32-27-15-21(30(42)18-48-6-3)9-12-24(27)39(45)36(32)33-26-14-20(29(41)17-47-5-2)8-11-23(26)38(44)35(31)33/h7-15H,4-6,16-18H2,1-3H3. The average molecular weight is 643 g/mol. The van der Waals surface area contributed by atoms with Crippen LogP contribution in [0, 0.1) is 0 Å². The molecule has 0 aliphatic carbocycles. The number of carbonyl (C=O) groups is 3. The fraction of sp³-hybridized carbons (Fsp3) is 0.231. The summed E-state index contributed by atoms with van der Waals surface area (Å²) in [7, 11) is 0. The number of ether oxygens (including phenoxy) is 3. The third-order valence-electron chi connectivity index (χ3n) is 9.06. The van der Waals surface area contributed by atoms with Gasteiger partial charge in [0.25, 0.3) is 0 Å². The van der Waals surface area contributed by atoms with Crippen LogP contribution in [-0.4, -0.2) is 57.0 Å². The van der Waals surface area contributed by atoms with Gasteiger partial charge in [-0.1, -0.05) is 18.2 Å². The predicted octanol–water partition coefficient (Wildman–Crippen LogP) is 5.66. The number of ketones is 3. The summed E-state index contributed by atoms with van der Waals surface area (Å²) < 4.78 is 16.0. The molecule has 48 heavy (non-hydrogen) atoms. The third kappa shape index (κ3) is 4.65. The highest BCUT2D eigenvalue weighted by Crippen LogP contribution is 2.43. The van der Waals surface area contributed by atoms with Gasteiger partial charge < -0.3 is 14.2 Å². The molecule has 0 amide bonds. The van der Waals surface area contributed by atoms with Crippen LogP contribution in [0.25, 0.3) is 64.6 Å². The van der Waals surface area contributed by atoms with Crippen molar-refractivity contribution in [3.8, 4) is 0 Å². The van der Waals surface area contributed by atoms with E-state index in [0.29, 0.717) is 68.8 Å². The lowest BCUT2D eigenvalue weighted by Gasteiger charge is -2.05. The number of Topliss-reactive ketones (excluding diaryl/α,β-unsaturated/α-hetero) is 3. The predicted molar refractivity (Wildman–Crippen MR) is 186 cm³/mol. The van der Waals surface area contributed by atoms with Gasteiger partial charge in [-0.3, -0.25) is 28.8 Å². The Balaban J connectivity index is 1.69. The normalized spacial score (nSPS) is 12.1. The molecule has 240 valence electrons. The molecule has 0 saturated heterocycles. The second-order valence-corrected chi connectivity index (χ2v) is 11.7. The second kappa shape index (κ2) is 12.1. The van der Waals surface area contributed by atoms with Crippen LogP contribution in [0.4, 0.5) is 0 Å². The Morgan fingerprint density at radius 2 is 0.688 bits per heavy atom. The summed E-state index contributed by atoms with van der Waals surface area (Å²) in [6, 6.07) is 14.1. The first kappa shape index (κ1) is 31.4. The molecule has 0 fully saturated rings. The van der Waals surface area contributed by atoms with Gasteiger partial charge in [-0.25, -0.2) is 0 Å². The Labute approximate surface area is 272 Å². The van der Waals surface area contributed by atoms with Crippen LogP contribution in [0.1, 0.15) is 51.8 Å². The Morgan fingerprint density at radius 3 is 0.938 bits per heavy atom. The number of fused-ring (bicyclic) bond motifs is 12. The van der Waals surface area contributed by atoms with Gasteiger partial charge in [-0.15, -0.1) is 0 Å². The minimum absolute atomic E-state index is 0.151. The topological polar surface area (TPSA) is 130 Å². The second-order valence-electron chi connectivity index (χ2n) is 11.7. The summed E-state index contributed by atoms with van der Waals surface area (Å²) in [6.45, 7) is 5.94. The van der Waals surface area contributed by atoms with E-state index in [1.807, 2.05) is 0 Å². The SMILES string of the molecule is CCOCC(=O)c1ccc2c(=O)c3c(c2c1)c1c(=O)c2ccc(C(=O)COCC)cc2c1c1c(=O)c2ccc(C(=O)COCC)cc2c31. The fourth-order valence-corrected chi connectivity index (χ4v) is 6.85. The van der Waals surface area contributed by atoms with Crippen molar-refractivity contribution in [1.82, 2.24) is 0 Å². The molecule has 9 heteroatoms. The maximum atomic E-state index is 14.3. The first-order chi connectivity index (χ1) is 23.2. The minimum atomic E-state index is -0.397. The quantitative estimate of drug-likeness (QED) is 0.155. The number of carbonyl (C=O) groups excluding carboxylic acids is 3. The van der Waals surface area contributed by atoms with Crippen LogP contribution < -0.4 is 16.3 Å². The summed E-state index contributed by atoms with van der Waals surface area (Å²) in [5, 5.41) is 3.53. The number of benzene rings is 4. The van der Waals surface area contributed by atoms with Gasteiger partial charge in [0.15, 0.2) is 33.6 Å². The van der Waals surface area contributed by atoms with Crippen LogP contribution in [0.15, 0.2) is 69.0 Å². The molecule has 0 atom stereocenters. The van der Waals surface area contributed by atoms with E-state index in [4.69, 9.17) is 14.2 Å². The summed E-state index contributed by atoms with van der Waals surface area (Å²) in [5.74, 6) is -0.866. The highest BCUT2D eigenvalue weighted by Gasteiger charge is 2.28. The van der Waals surface area contributed by atoms with Crippen LogP contribution in [-0.2, 0) is 14.2 Å². The van der Waals surface area contributed by atoms with E-state index in [1.165, 1.54) is 0 Å². The van der Waals surface area contributed by atoms with Crippen molar-refractivity contribution in [1.29, 1.82) is 0 Å². The Bertz CT molecular complexity index is 2320. The van der Waals surface area contributed by atoms with E-state index in [2.05, 4.69) is 0 Å². The highest BCUT2D eigenvalue weighted by molar-refractivity contribution is 6.43. The molecule has 7 rings (SSSR count). The molecule has 0 aromatic heterocycles. The Hall–Kier alpha value is -5.22. The lowest BCUT2D eigenvalue weighted by atomic mass is 9.97. The minimum Gasteiger partial charge on any atom is -0.374 e. The molecular weight excluding hydrogens is 612 g/mol. The maximum Gasteiger partial charge on any atom is 0.194 e. The van der Waals surface area contributed by atoms with Gasteiger partial charge in [0.2, 0.25) is 0 Å². The van der Waals surface area contributed by atoms with E-state index in [0.717, 1.165) is 0 Å². The average Bonchev–Trinajstić information content (AvgIpc) is 3.68. The van der Waals surface area contributed by atoms with Gasteiger partial charge in [0, 0.05) is 85.0 Å². The largest absolute Gasteiger partial charge is 0.374 e. The molecule has 0 N–H and O–H groups in total. The molecule has 7 aromatic rings. The molecule has 9 nitrogen and oxygen atoms in total. The zero-order valence-electron chi connectivity index (χ0n) is 26.6. The molecule has 0 aliphatic heterocycles. The van der Waals surface area contributed by atoms with Crippen molar-refractivity contribution in [3.63, 3.8) is 0 Å². The van der Waals surface area contributed by atoms with Crippen molar-refractivity contribution in [2.45, 2.75) is 20.8 Å². The molecule has 7 aromatic carbocycles. The molecule has 0 unspecified atom stereocenters. The van der Waals surface area contributed by atoms with Crippen LogP contribution in [0.2, 0.25) is 0 Å². The Kier molecular flexibility index (Phi) is 7.91. The van der Waals surface area contributed by atoms with Gasteiger partial charge >= 0.3 is 0 Å². The van der Waals surface area contributed by atoms with Crippen LogP contribution in [0.3, 0.4) is 0 Å². The van der Waals surface area contributed by atoms with Crippen molar-refractivity contribution < 1.29 is 28.6 Å². The molecule has 0 bridgehead atoms. The van der Waals surface area contributed by atoms with Crippen molar-refractivity contribution in [3.05, 3.63) is 102 Å². The van der Waals surface area contributed by atoms with Gasteiger partial charge in [0.1, 0.15) is 19.8 Å². The van der Waals surface area contributed by atoms with E-state index in [-0.39, 0.29) is 69.5 Å². The lowest BCUT2D eigenvalue weighted by molar-refractivity contribution is 0.0779. The summed E-state index contributed by atoms with van der Waals surface area (Å²) in [6.07, 6.45) is 0. The Morgan fingerprint density at radius 1 is 0.417 bits per heavy atom. The maximum absolute atomic E-state index is 14.3. The molecular formula is C39H30O9. The van der Waals surface area contributed by atoms with E-state index < -0.39 is 16.3 Å². The number of hydrogen-bond donors (Lipinski definition) is 0. The first-order valence-electron chi connectivity index (χ1n) is 15.9. The summed E-state index contributed by atoms with van der Waals surface area (Å²) in [4.78, 5) is 82.0. The molecule has 0 radical (unpaired) electrons. The van der Waals surface area contributed by atoms with E-state index in [1.54, 1.807) is 75.4 Å². The zero-order valence-corrected chi connectivity index (χ0v) is 26.6. The monoisotopic (exact) mass is 642 g/mol. The van der Waals surface area contributed by atoms with E-state index in [9.17, 15) is 28.8 Å². The van der Waals surface area contributed by atoms with Crippen molar-refractivity contribution in [2.75, 3.05) is 39.6 Å². The summed E-state index contributed by atoms with van der Waals surface area (Å²) >= 11 is 0. The first-order valence-corrected chi connectivity index (χ1v) is 15.9. The lowest BCUT2D eigenvalue weighted by Crippen LogP contribution is -2.08. The fourth-order valence-electron chi connectivity index (χ4n) is 6.85. The smallest absolute Gasteiger partial charge is 0.194 e. The zero-order chi connectivity index (χ0) is 33.9. The molecule has 0 spiro atoms. The van der Waals surface area contributed by atoms with Gasteiger partial charge in [-0.2, -0.15) is 0 Å². The van der Waals surface area contributed by atoms with Crippen molar-refractivity contribution >= 4 is 82.0 Å². The highest BCUT2D eigenvalue weighted by atomic mass is 16.5.